The number of alkyl halides is 3. The third-order valence-electron chi connectivity index (χ3n) is 10.4. The summed E-state index contributed by atoms with van der Waals surface area (Å²) in [6, 6.07) is 0. The summed E-state index contributed by atoms with van der Waals surface area (Å²) in [7, 11) is 1.00. The van der Waals surface area contributed by atoms with Gasteiger partial charge in [-0.25, -0.2) is 0 Å². The minimum Gasteiger partial charge on any atom is -0.412 e. The van der Waals surface area contributed by atoms with E-state index in [9.17, 15) is 13.2 Å². The molecule has 0 aromatic carbocycles. The molecule has 4 rings (SSSR count). The van der Waals surface area contributed by atoms with Gasteiger partial charge in [-0.2, -0.15) is 13.2 Å². The van der Waals surface area contributed by atoms with E-state index >= 15 is 0 Å². The number of aliphatic hydroxyl groups is 1. The Balaban J connectivity index is 0.00000110. The summed E-state index contributed by atoms with van der Waals surface area (Å²) in [6.07, 6.45) is 10.0. The predicted molar refractivity (Wildman–Crippen MR) is 137 cm³/mol. The van der Waals surface area contributed by atoms with Gasteiger partial charge in [0.15, 0.2) is 0 Å². The first-order chi connectivity index (χ1) is 15.6. The van der Waals surface area contributed by atoms with E-state index in [1.165, 1.54) is 50.5 Å². The van der Waals surface area contributed by atoms with Gasteiger partial charge in [0.2, 0.25) is 0 Å². The molecule has 8 atom stereocenters. The standard InChI is InChI=1S/C26H41F3.C2H6.CH4O.H2O/c1-17(2)6-5-7-18-9-11-22-21-10-8-19-16-20(26(27,28)29)12-14-25(19,4)23(21)13-15-24(18,22)3;2*1-2;/h6,18-23H,5,7-16H2,1-4H3;1-2H3;2H,1H3;1H2. The van der Waals surface area contributed by atoms with Gasteiger partial charge in [-0.1, -0.05) is 39.3 Å². The lowest BCUT2D eigenvalue weighted by Gasteiger charge is -2.61. The molecule has 3 N–H and O–H groups in total. The highest BCUT2D eigenvalue weighted by Gasteiger charge is 2.61. The van der Waals surface area contributed by atoms with Crippen molar-refractivity contribution in [2.24, 2.45) is 46.3 Å². The molecule has 0 bridgehead atoms. The summed E-state index contributed by atoms with van der Waals surface area (Å²) in [5.74, 6) is 2.35. The first-order valence-electron chi connectivity index (χ1n) is 13.7. The molecule has 4 fully saturated rings. The molecule has 0 spiro atoms. The van der Waals surface area contributed by atoms with Crippen LogP contribution < -0.4 is 0 Å². The van der Waals surface area contributed by atoms with Gasteiger partial charge in [-0.05, 0) is 125 Å². The Morgan fingerprint density at radius 2 is 1.47 bits per heavy atom. The van der Waals surface area contributed by atoms with E-state index in [1.54, 1.807) is 0 Å². The normalized spacial score (nSPS) is 40.6. The lowest BCUT2D eigenvalue weighted by molar-refractivity contribution is -0.208. The highest BCUT2D eigenvalue weighted by atomic mass is 19.4. The second-order valence-corrected chi connectivity index (χ2v) is 11.8. The van der Waals surface area contributed by atoms with E-state index in [1.807, 2.05) is 13.8 Å². The summed E-state index contributed by atoms with van der Waals surface area (Å²) in [5.41, 5.74) is 2.06. The van der Waals surface area contributed by atoms with Crippen molar-refractivity contribution in [2.75, 3.05) is 7.11 Å². The number of hydrogen-bond acceptors (Lipinski definition) is 1. The molecule has 8 unspecified atom stereocenters. The Bertz CT molecular complexity index is 642. The van der Waals surface area contributed by atoms with Gasteiger partial charge in [0, 0.05) is 7.11 Å². The highest BCUT2D eigenvalue weighted by Crippen LogP contribution is 2.68. The number of allylic oxidation sites excluding steroid dienone is 2. The number of rotatable bonds is 3. The fourth-order valence-corrected chi connectivity index (χ4v) is 8.71. The molecule has 2 nitrogen and oxygen atoms in total. The Morgan fingerprint density at radius 3 is 2.06 bits per heavy atom. The first-order valence-corrected chi connectivity index (χ1v) is 13.7. The molecular weight excluding hydrogens is 437 g/mol. The van der Waals surface area contributed by atoms with Crippen molar-refractivity contribution in [3.8, 4) is 0 Å². The van der Waals surface area contributed by atoms with Crippen LogP contribution in [0.25, 0.3) is 0 Å². The molecular formula is C29H53F3O2. The quantitative estimate of drug-likeness (QED) is 0.397. The molecule has 0 heterocycles. The third-order valence-corrected chi connectivity index (χ3v) is 10.4. The number of hydrogen-bond donors (Lipinski definition) is 1. The summed E-state index contributed by atoms with van der Waals surface area (Å²) in [5, 5.41) is 7.00. The van der Waals surface area contributed by atoms with Crippen LogP contribution in [-0.4, -0.2) is 23.9 Å². The zero-order valence-electron chi connectivity index (χ0n) is 22.9. The van der Waals surface area contributed by atoms with Crippen molar-refractivity contribution in [3.05, 3.63) is 11.6 Å². The largest absolute Gasteiger partial charge is 0.412 e. The van der Waals surface area contributed by atoms with E-state index in [4.69, 9.17) is 5.11 Å². The van der Waals surface area contributed by atoms with E-state index in [-0.39, 0.29) is 10.9 Å². The molecule has 0 amide bonds. The van der Waals surface area contributed by atoms with Crippen LogP contribution in [0.3, 0.4) is 0 Å². The van der Waals surface area contributed by atoms with Crippen LogP contribution >= 0.6 is 0 Å². The second-order valence-electron chi connectivity index (χ2n) is 11.8. The topological polar surface area (TPSA) is 51.7 Å². The van der Waals surface area contributed by atoms with Gasteiger partial charge in [0.25, 0.3) is 0 Å². The van der Waals surface area contributed by atoms with Gasteiger partial charge in [-0.15, -0.1) is 0 Å². The van der Waals surface area contributed by atoms with Crippen LogP contribution in [0.1, 0.15) is 112 Å². The Labute approximate surface area is 207 Å². The molecule has 4 aliphatic rings. The van der Waals surface area contributed by atoms with Crippen LogP contribution in [0.2, 0.25) is 0 Å². The SMILES string of the molecule is CC.CC(C)=CCCC1CCC2C3CCC4CC(C(F)(F)F)CCC4(C)C3CCC12C.CO.O. The fourth-order valence-electron chi connectivity index (χ4n) is 8.71. The maximum absolute atomic E-state index is 13.4. The maximum Gasteiger partial charge on any atom is 0.391 e. The average molecular weight is 491 g/mol. The molecule has 0 aliphatic heterocycles. The van der Waals surface area contributed by atoms with Gasteiger partial charge in [-0.3, -0.25) is 0 Å². The lowest BCUT2D eigenvalue weighted by Crippen LogP contribution is -2.54. The summed E-state index contributed by atoms with van der Waals surface area (Å²) < 4.78 is 40.1. The van der Waals surface area contributed by atoms with Crippen molar-refractivity contribution < 1.29 is 23.8 Å². The average Bonchev–Trinajstić information content (AvgIpc) is 3.11. The second kappa shape index (κ2) is 12.6. The van der Waals surface area contributed by atoms with Crippen LogP contribution in [0.4, 0.5) is 13.2 Å². The summed E-state index contributed by atoms with van der Waals surface area (Å²) in [6.45, 7) is 13.3. The van der Waals surface area contributed by atoms with Crippen molar-refractivity contribution in [1.82, 2.24) is 0 Å². The van der Waals surface area contributed by atoms with E-state index in [2.05, 4.69) is 33.8 Å². The first kappa shape index (κ1) is 31.5. The molecule has 34 heavy (non-hydrogen) atoms. The minimum absolute atomic E-state index is 0. The predicted octanol–water partition coefficient (Wildman–Crippen LogP) is 8.38. The highest BCUT2D eigenvalue weighted by molar-refractivity contribution is 5.09. The third kappa shape index (κ3) is 6.05. The van der Waals surface area contributed by atoms with Crippen molar-refractivity contribution >= 4 is 0 Å². The maximum atomic E-state index is 13.4. The van der Waals surface area contributed by atoms with Crippen LogP contribution in [0.15, 0.2) is 11.6 Å². The van der Waals surface area contributed by atoms with E-state index < -0.39 is 12.1 Å². The smallest absolute Gasteiger partial charge is 0.391 e. The Morgan fingerprint density at radius 1 is 0.882 bits per heavy atom. The minimum atomic E-state index is -3.99. The van der Waals surface area contributed by atoms with Gasteiger partial charge in [0.05, 0.1) is 5.92 Å². The van der Waals surface area contributed by atoms with Gasteiger partial charge < -0.3 is 10.6 Å². The summed E-state index contributed by atoms with van der Waals surface area (Å²) >= 11 is 0. The lowest BCUT2D eigenvalue weighted by atomic mass is 9.44. The molecule has 0 saturated heterocycles. The van der Waals surface area contributed by atoms with Crippen molar-refractivity contribution in [2.45, 2.75) is 118 Å². The molecule has 202 valence electrons. The Hall–Kier alpha value is -0.550. The molecule has 0 aromatic rings. The molecule has 4 aliphatic carbocycles. The van der Waals surface area contributed by atoms with Crippen LogP contribution in [-0.2, 0) is 0 Å². The van der Waals surface area contributed by atoms with E-state index in [0.717, 1.165) is 37.7 Å². The summed E-state index contributed by atoms with van der Waals surface area (Å²) in [4.78, 5) is 0. The fraction of sp³-hybridized carbons (Fsp3) is 0.931. The van der Waals surface area contributed by atoms with Crippen LogP contribution in [0.5, 0.6) is 0 Å². The molecule has 0 radical (unpaired) electrons. The zero-order chi connectivity index (χ0) is 25.0. The number of halogens is 3. The Kier molecular flexibility index (Phi) is 11.7. The van der Waals surface area contributed by atoms with Crippen molar-refractivity contribution in [3.63, 3.8) is 0 Å². The monoisotopic (exact) mass is 490 g/mol. The van der Waals surface area contributed by atoms with Crippen LogP contribution in [0, 0.1) is 46.3 Å². The van der Waals surface area contributed by atoms with Crippen molar-refractivity contribution in [1.29, 1.82) is 0 Å². The van der Waals surface area contributed by atoms with Gasteiger partial charge in [0.1, 0.15) is 0 Å². The number of aliphatic hydroxyl groups excluding tert-OH is 1. The molecule has 5 heteroatoms. The molecule has 0 aromatic heterocycles. The van der Waals surface area contributed by atoms with Gasteiger partial charge >= 0.3 is 6.18 Å². The number of fused-ring (bicyclic) bond motifs is 5. The molecule has 4 saturated carbocycles. The zero-order valence-corrected chi connectivity index (χ0v) is 22.9. The van der Waals surface area contributed by atoms with E-state index in [0.29, 0.717) is 30.1 Å².